The lowest BCUT2D eigenvalue weighted by Crippen LogP contribution is -2.01. The highest BCUT2D eigenvalue weighted by Crippen LogP contribution is 2.21. The summed E-state index contributed by atoms with van der Waals surface area (Å²) < 4.78 is 11.3. The number of benzene rings is 1. The third-order valence-corrected chi connectivity index (χ3v) is 4.86. The van der Waals surface area contributed by atoms with Crippen molar-refractivity contribution in [3.05, 3.63) is 48.2 Å². The highest BCUT2D eigenvalue weighted by Gasteiger charge is 2.02. The van der Waals surface area contributed by atoms with Crippen molar-refractivity contribution >= 4 is 0 Å². The van der Waals surface area contributed by atoms with Gasteiger partial charge in [0.1, 0.15) is 5.75 Å². The lowest BCUT2D eigenvalue weighted by atomic mass is 10.0. The van der Waals surface area contributed by atoms with Crippen molar-refractivity contribution in [3.63, 3.8) is 0 Å². The summed E-state index contributed by atoms with van der Waals surface area (Å²) in [6, 6.07) is 12.9. The van der Waals surface area contributed by atoms with Crippen LogP contribution < -0.4 is 4.74 Å². The molecule has 0 aliphatic rings. The number of nitrogens with zero attached hydrogens (tertiary/aromatic N) is 1. The van der Waals surface area contributed by atoms with Gasteiger partial charge in [-0.05, 0) is 49.8 Å². The highest BCUT2D eigenvalue weighted by molar-refractivity contribution is 5.59. The summed E-state index contributed by atoms with van der Waals surface area (Å²) >= 11 is 0. The summed E-state index contributed by atoms with van der Waals surface area (Å²) in [5.41, 5.74) is 3.58. The van der Waals surface area contributed by atoms with Crippen LogP contribution >= 0.6 is 0 Å². The molecule has 0 spiro atoms. The summed E-state index contributed by atoms with van der Waals surface area (Å²) in [4.78, 5) is 4.56. The minimum absolute atomic E-state index is 0.712. The van der Waals surface area contributed by atoms with Crippen molar-refractivity contribution in [1.29, 1.82) is 0 Å². The van der Waals surface area contributed by atoms with Crippen LogP contribution in [0.5, 0.6) is 5.75 Å². The Labute approximate surface area is 171 Å². The fraction of sp³-hybridized carbons (Fsp3) is 0.560. The Morgan fingerprint density at radius 3 is 2.21 bits per heavy atom. The monoisotopic (exact) mass is 383 g/mol. The molecule has 0 radical (unpaired) electrons. The maximum atomic E-state index is 5.78. The Morgan fingerprint density at radius 1 is 0.714 bits per heavy atom. The van der Waals surface area contributed by atoms with Crippen LogP contribution in [0.15, 0.2) is 42.6 Å². The Balaban J connectivity index is 1.70. The molecular weight excluding hydrogens is 346 g/mol. The second-order valence-corrected chi connectivity index (χ2v) is 7.41. The quantitative estimate of drug-likeness (QED) is 0.315. The number of hydrogen-bond acceptors (Lipinski definition) is 3. The molecule has 0 amide bonds. The number of pyridine rings is 1. The fourth-order valence-electron chi connectivity index (χ4n) is 3.15. The second kappa shape index (κ2) is 14.2. The molecule has 3 heteroatoms. The Bertz CT molecular complexity index is 622. The molecule has 0 fully saturated rings. The van der Waals surface area contributed by atoms with Gasteiger partial charge < -0.3 is 9.47 Å². The molecule has 1 aromatic heterocycles. The van der Waals surface area contributed by atoms with E-state index in [1.54, 1.807) is 0 Å². The SMILES string of the molecule is CCCCCCCc1ccc(-c2ccc(OCCCCOCCC)cn2)cc1. The molecule has 1 aromatic carbocycles. The summed E-state index contributed by atoms with van der Waals surface area (Å²) in [6.07, 6.45) is 12.8. The number of hydrogen-bond donors (Lipinski definition) is 0. The van der Waals surface area contributed by atoms with E-state index >= 15 is 0 Å². The Morgan fingerprint density at radius 2 is 1.50 bits per heavy atom. The van der Waals surface area contributed by atoms with Gasteiger partial charge in [-0.3, -0.25) is 4.98 Å². The van der Waals surface area contributed by atoms with Crippen molar-refractivity contribution in [2.24, 2.45) is 0 Å². The van der Waals surface area contributed by atoms with E-state index in [1.807, 2.05) is 18.3 Å². The van der Waals surface area contributed by atoms with E-state index in [0.717, 1.165) is 49.5 Å². The van der Waals surface area contributed by atoms with Gasteiger partial charge >= 0.3 is 0 Å². The molecule has 0 bridgehead atoms. The van der Waals surface area contributed by atoms with Crippen LogP contribution in [-0.2, 0) is 11.2 Å². The predicted molar refractivity (Wildman–Crippen MR) is 118 cm³/mol. The second-order valence-electron chi connectivity index (χ2n) is 7.41. The number of unbranched alkanes of at least 4 members (excludes halogenated alkanes) is 5. The molecule has 0 saturated carbocycles. The van der Waals surface area contributed by atoms with Crippen molar-refractivity contribution in [2.45, 2.75) is 71.6 Å². The maximum Gasteiger partial charge on any atom is 0.137 e. The van der Waals surface area contributed by atoms with Gasteiger partial charge in [0.25, 0.3) is 0 Å². The zero-order valence-corrected chi connectivity index (χ0v) is 17.8. The van der Waals surface area contributed by atoms with Gasteiger partial charge in [-0.15, -0.1) is 0 Å². The van der Waals surface area contributed by atoms with Crippen LogP contribution in [0.25, 0.3) is 11.3 Å². The summed E-state index contributed by atoms with van der Waals surface area (Å²) in [5.74, 6) is 0.835. The van der Waals surface area contributed by atoms with E-state index in [1.165, 1.54) is 44.1 Å². The van der Waals surface area contributed by atoms with E-state index in [4.69, 9.17) is 9.47 Å². The molecule has 0 atom stereocenters. The minimum Gasteiger partial charge on any atom is -0.492 e. The average molecular weight is 384 g/mol. The van der Waals surface area contributed by atoms with Crippen LogP contribution in [0.1, 0.15) is 70.8 Å². The minimum atomic E-state index is 0.712. The maximum absolute atomic E-state index is 5.78. The lowest BCUT2D eigenvalue weighted by molar-refractivity contribution is 0.127. The molecule has 3 nitrogen and oxygen atoms in total. The number of rotatable bonds is 15. The molecule has 2 rings (SSSR count). The average Bonchev–Trinajstić information content (AvgIpc) is 2.74. The van der Waals surface area contributed by atoms with Crippen molar-refractivity contribution in [2.75, 3.05) is 19.8 Å². The zero-order valence-electron chi connectivity index (χ0n) is 17.8. The highest BCUT2D eigenvalue weighted by atomic mass is 16.5. The molecule has 154 valence electrons. The van der Waals surface area contributed by atoms with E-state index in [2.05, 4.69) is 43.1 Å². The van der Waals surface area contributed by atoms with E-state index < -0.39 is 0 Å². The third kappa shape index (κ3) is 8.88. The van der Waals surface area contributed by atoms with Crippen LogP contribution in [0.2, 0.25) is 0 Å². The van der Waals surface area contributed by atoms with Crippen molar-refractivity contribution in [1.82, 2.24) is 4.98 Å². The van der Waals surface area contributed by atoms with E-state index in [0.29, 0.717) is 6.61 Å². The molecule has 0 N–H and O–H groups in total. The van der Waals surface area contributed by atoms with Crippen molar-refractivity contribution < 1.29 is 9.47 Å². The van der Waals surface area contributed by atoms with Gasteiger partial charge in [-0.1, -0.05) is 63.8 Å². The zero-order chi connectivity index (χ0) is 19.9. The van der Waals surface area contributed by atoms with Gasteiger partial charge in [0, 0.05) is 18.8 Å². The molecule has 1 heterocycles. The van der Waals surface area contributed by atoms with E-state index in [-0.39, 0.29) is 0 Å². The van der Waals surface area contributed by atoms with Crippen LogP contribution in [0, 0.1) is 0 Å². The predicted octanol–water partition coefficient (Wildman–Crippen LogP) is 6.85. The number of ether oxygens (including phenoxy) is 2. The first kappa shape index (κ1) is 22.4. The van der Waals surface area contributed by atoms with Gasteiger partial charge in [0.15, 0.2) is 0 Å². The first-order valence-electron chi connectivity index (χ1n) is 11.1. The normalized spacial score (nSPS) is 10.9. The number of aromatic nitrogens is 1. The molecule has 0 aliphatic carbocycles. The topological polar surface area (TPSA) is 31.4 Å². The van der Waals surface area contributed by atoms with E-state index in [9.17, 15) is 0 Å². The standard InChI is InChI=1S/C25H37NO2/c1-3-5-6-7-8-11-22-12-14-23(15-13-22)25-17-16-24(21-26-25)28-20-10-9-19-27-18-4-2/h12-17,21H,3-11,18-20H2,1-2H3. The largest absolute Gasteiger partial charge is 0.492 e. The molecule has 2 aromatic rings. The Kier molecular flexibility index (Phi) is 11.3. The van der Waals surface area contributed by atoms with Crippen LogP contribution in [-0.4, -0.2) is 24.8 Å². The van der Waals surface area contributed by atoms with Gasteiger partial charge in [-0.2, -0.15) is 0 Å². The number of aryl methyl sites for hydroxylation is 1. The fourth-order valence-corrected chi connectivity index (χ4v) is 3.15. The first-order valence-corrected chi connectivity index (χ1v) is 11.1. The van der Waals surface area contributed by atoms with Crippen LogP contribution in [0.3, 0.4) is 0 Å². The summed E-state index contributed by atoms with van der Waals surface area (Å²) in [5, 5.41) is 0. The molecular formula is C25H37NO2. The molecule has 0 unspecified atom stereocenters. The first-order chi connectivity index (χ1) is 13.8. The molecule has 28 heavy (non-hydrogen) atoms. The summed E-state index contributed by atoms with van der Waals surface area (Å²) in [6.45, 7) is 6.78. The van der Waals surface area contributed by atoms with Gasteiger partial charge in [-0.25, -0.2) is 0 Å². The third-order valence-electron chi connectivity index (χ3n) is 4.86. The van der Waals surface area contributed by atoms with Crippen molar-refractivity contribution in [3.8, 4) is 17.0 Å². The lowest BCUT2D eigenvalue weighted by Gasteiger charge is -2.08. The molecule has 0 saturated heterocycles. The molecule has 0 aliphatic heterocycles. The smallest absolute Gasteiger partial charge is 0.137 e. The van der Waals surface area contributed by atoms with Gasteiger partial charge in [0.2, 0.25) is 0 Å². The van der Waals surface area contributed by atoms with Gasteiger partial charge in [0.05, 0.1) is 18.5 Å². The Hall–Kier alpha value is -1.87. The van der Waals surface area contributed by atoms with Crippen LogP contribution in [0.4, 0.5) is 0 Å². The summed E-state index contributed by atoms with van der Waals surface area (Å²) in [7, 11) is 0.